The van der Waals surface area contributed by atoms with Crippen LogP contribution in [0.3, 0.4) is 0 Å². The van der Waals surface area contributed by atoms with Crippen LogP contribution in [0.1, 0.15) is 32.3 Å². The van der Waals surface area contributed by atoms with E-state index in [1.165, 1.54) is 4.31 Å². The zero-order chi connectivity index (χ0) is 16.2. The lowest BCUT2D eigenvalue weighted by Crippen LogP contribution is -2.30. The molecule has 0 aliphatic heterocycles. The molecule has 1 saturated carbocycles. The molecule has 1 aromatic rings. The maximum atomic E-state index is 12.4. The molecule has 6 heteroatoms. The van der Waals surface area contributed by atoms with Crippen LogP contribution in [-0.4, -0.2) is 38.3 Å². The third-order valence-electron chi connectivity index (χ3n) is 3.93. The van der Waals surface area contributed by atoms with Gasteiger partial charge in [0, 0.05) is 25.6 Å². The minimum atomic E-state index is -3.39. The second-order valence-corrected chi connectivity index (χ2v) is 7.49. The van der Waals surface area contributed by atoms with E-state index < -0.39 is 10.0 Å². The second kappa shape index (κ2) is 7.24. The number of carbonyl (C=O) groups is 1. The summed E-state index contributed by atoms with van der Waals surface area (Å²) in [5.41, 5.74) is 1.02. The summed E-state index contributed by atoms with van der Waals surface area (Å²) in [6, 6.07) is 6.93. The fourth-order valence-corrected chi connectivity index (χ4v) is 3.82. The predicted molar refractivity (Wildman–Crippen MR) is 86.0 cm³/mol. The van der Waals surface area contributed by atoms with Crippen LogP contribution in [0.25, 0.3) is 0 Å². The molecule has 1 fully saturated rings. The van der Waals surface area contributed by atoms with E-state index in [1.807, 2.05) is 26.0 Å². The number of hydrogen-bond acceptors (Lipinski definition) is 3. The number of nitrogens with one attached hydrogen (secondary N) is 1. The molecule has 1 amide bonds. The molecule has 2 rings (SSSR count). The zero-order valence-electron chi connectivity index (χ0n) is 13.2. The van der Waals surface area contributed by atoms with Crippen molar-refractivity contribution in [1.29, 1.82) is 0 Å². The van der Waals surface area contributed by atoms with Gasteiger partial charge in [0.05, 0.1) is 4.90 Å². The van der Waals surface area contributed by atoms with Crippen molar-refractivity contribution in [2.24, 2.45) is 5.92 Å². The first kappa shape index (κ1) is 17.0. The van der Waals surface area contributed by atoms with Crippen molar-refractivity contribution in [2.75, 3.05) is 19.6 Å². The quantitative estimate of drug-likeness (QED) is 0.793. The van der Waals surface area contributed by atoms with E-state index in [9.17, 15) is 13.2 Å². The van der Waals surface area contributed by atoms with Crippen molar-refractivity contribution in [1.82, 2.24) is 9.62 Å². The monoisotopic (exact) mass is 324 g/mol. The van der Waals surface area contributed by atoms with Gasteiger partial charge in [0.15, 0.2) is 0 Å². The van der Waals surface area contributed by atoms with E-state index in [0.29, 0.717) is 31.0 Å². The average Bonchev–Trinajstić information content (AvgIpc) is 3.33. The van der Waals surface area contributed by atoms with Crippen LogP contribution in [0.4, 0.5) is 0 Å². The first-order valence-corrected chi connectivity index (χ1v) is 9.29. The molecule has 0 radical (unpaired) electrons. The van der Waals surface area contributed by atoms with Crippen molar-refractivity contribution in [2.45, 2.75) is 38.0 Å². The molecule has 0 unspecified atom stereocenters. The van der Waals surface area contributed by atoms with E-state index in [4.69, 9.17) is 0 Å². The SMILES string of the molecule is CCN(CC)S(=O)(=O)c1ccc(CCNC(=O)C2CC2)cc1. The Bertz CT molecular complexity index is 603. The molecule has 0 aromatic heterocycles. The van der Waals surface area contributed by atoms with Gasteiger partial charge in [-0.1, -0.05) is 26.0 Å². The summed E-state index contributed by atoms with van der Waals surface area (Å²) in [4.78, 5) is 11.8. The Balaban J connectivity index is 1.93. The summed E-state index contributed by atoms with van der Waals surface area (Å²) in [7, 11) is -3.39. The van der Waals surface area contributed by atoms with Gasteiger partial charge in [-0.2, -0.15) is 4.31 Å². The standard InChI is InChI=1S/C16H24N2O3S/c1-3-18(4-2)22(20,21)15-9-5-13(6-10-15)11-12-17-16(19)14-7-8-14/h5-6,9-10,14H,3-4,7-8,11-12H2,1-2H3,(H,17,19). The molecule has 0 spiro atoms. The summed E-state index contributed by atoms with van der Waals surface area (Å²) in [6.45, 7) is 5.19. The number of nitrogens with zero attached hydrogens (tertiary/aromatic N) is 1. The number of sulfonamides is 1. The zero-order valence-corrected chi connectivity index (χ0v) is 14.0. The van der Waals surface area contributed by atoms with E-state index >= 15 is 0 Å². The van der Waals surface area contributed by atoms with Gasteiger partial charge in [0.1, 0.15) is 0 Å². The second-order valence-electron chi connectivity index (χ2n) is 5.55. The first-order valence-electron chi connectivity index (χ1n) is 7.85. The molecule has 1 aliphatic rings. The lowest BCUT2D eigenvalue weighted by atomic mass is 10.1. The molecular weight excluding hydrogens is 300 g/mol. The predicted octanol–water partition coefficient (Wildman–Crippen LogP) is 1.79. The fourth-order valence-electron chi connectivity index (χ4n) is 2.36. The molecule has 1 N–H and O–H groups in total. The fraction of sp³-hybridized carbons (Fsp3) is 0.562. The maximum Gasteiger partial charge on any atom is 0.243 e. The minimum Gasteiger partial charge on any atom is -0.356 e. The van der Waals surface area contributed by atoms with Gasteiger partial charge in [-0.3, -0.25) is 4.79 Å². The number of amides is 1. The summed E-state index contributed by atoms with van der Waals surface area (Å²) < 4.78 is 26.2. The smallest absolute Gasteiger partial charge is 0.243 e. The van der Waals surface area contributed by atoms with Crippen molar-refractivity contribution < 1.29 is 13.2 Å². The van der Waals surface area contributed by atoms with Crippen LogP contribution in [-0.2, 0) is 21.2 Å². The highest BCUT2D eigenvalue weighted by molar-refractivity contribution is 7.89. The molecule has 0 heterocycles. The topological polar surface area (TPSA) is 66.5 Å². The molecule has 122 valence electrons. The molecule has 1 aliphatic carbocycles. The minimum absolute atomic E-state index is 0.140. The van der Waals surface area contributed by atoms with Crippen LogP contribution < -0.4 is 5.32 Å². The summed E-state index contributed by atoms with van der Waals surface area (Å²) >= 11 is 0. The summed E-state index contributed by atoms with van der Waals surface area (Å²) in [5.74, 6) is 0.363. The van der Waals surface area contributed by atoms with Crippen molar-refractivity contribution >= 4 is 15.9 Å². The van der Waals surface area contributed by atoms with Gasteiger partial charge in [-0.25, -0.2) is 8.42 Å². The van der Waals surface area contributed by atoms with Gasteiger partial charge in [0.2, 0.25) is 15.9 Å². The normalized spacial score (nSPS) is 15.0. The number of carbonyl (C=O) groups excluding carboxylic acids is 1. The van der Waals surface area contributed by atoms with E-state index in [1.54, 1.807) is 12.1 Å². The lowest BCUT2D eigenvalue weighted by Gasteiger charge is -2.18. The van der Waals surface area contributed by atoms with Crippen LogP contribution in [0, 0.1) is 5.92 Å². The number of benzene rings is 1. The maximum absolute atomic E-state index is 12.4. The van der Waals surface area contributed by atoms with E-state index in [2.05, 4.69) is 5.32 Å². The Kier molecular flexibility index (Phi) is 5.58. The van der Waals surface area contributed by atoms with Crippen LogP contribution in [0.5, 0.6) is 0 Å². The van der Waals surface area contributed by atoms with Gasteiger partial charge in [-0.05, 0) is 37.0 Å². The summed E-state index contributed by atoms with van der Waals surface area (Å²) in [6.07, 6.45) is 2.72. The van der Waals surface area contributed by atoms with E-state index in [0.717, 1.165) is 18.4 Å². The largest absolute Gasteiger partial charge is 0.356 e. The van der Waals surface area contributed by atoms with Gasteiger partial charge < -0.3 is 5.32 Å². The Morgan fingerprint density at radius 3 is 2.27 bits per heavy atom. The highest BCUT2D eigenvalue weighted by atomic mass is 32.2. The molecule has 0 saturated heterocycles. The molecular formula is C16H24N2O3S. The van der Waals surface area contributed by atoms with Crippen LogP contribution >= 0.6 is 0 Å². The molecule has 22 heavy (non-hydrogen) atoms. The number of rotatable bonds is 8. The highest BCUT2D eigenvalue weighted by Crippen LogP contribution is 2.28. The molecule has 5 nitrogen and oxygen atoms in total. The van der Waals surface area contributed by atoms with Gasteiger partial charge in [0.25, 0.3) is 0 Å². The average molecular weight is 324 g/mol. The third kappa shape index (κ3) is 4.08. The molecule has 1 aromatic carbocycles. The first-order chi connectivity index (χ1) is 10.5. The molecule has 0 atom stereocenters. The number of hydrogen-bond donors (Lipinski definition) is 1. The van der Waals surface area contributed by atoms with Crippen molar-refractivity contribution in [3.05, 3.63) is 29.8 Å². The lowest BCUT2D eigenvalue weighted by molar-refractivity contribution is -0.122. The van der Waals surface area contributed by atoms with Crippen molar-refractivity contribution in [3.8, 4) is 0 Å². The Hall–Kier alpha value is -1.40. The van der Waals surface area contributed by atoms with Crippen molar-refractivity contribution in [3.63, 3.8) is 0 Å². The Morgan fingerprint density at radius 1 is 1.18 bits per heavy atom. The van der Waals surface area contributed by atoms with Gasteiger partial charge >= 0.3 is 0 Å². The Morgan fingerprint density at radius 2 is 1.77 bits per heavy atom. The van der Waals surface area contributed by atoms with E-state index in [-0.39, 0.29) is 11.8 Å². The molecule has 0 bridgehead atoms. The Labute approximate surface area is 132 Å². The summed E-state index contributed by atoms with van der Waals surface area (Å²) in [5, 5.41) is 2.91. The third-order valence-corrected chi connectivity index (χ3v) is 5.99. The van der Waals surface area contributed by atoms with Gasteiger partial charge in [-0.15, -0.1) is 0 Å². The van der Waals surface area contributed by atoms with Crippen LogP contribution in [0.15, 0.2) is 29.2 Å². The van der Waals surface area contributed by atoms with Crippen LogP contribution in [0.2, 0.25) is 0 Å². The highest BCUT2D eigenvalue weighted by Gasteiger charge is 2.29.